The van der Waals surface area contributed by atoms with Crippen LogP contribution in [0.2, 0.25) is 0 Å². The number of cyclic esters (lactones) is 1. The summed E-state index contributed by atoms with van der Waals surface area (Å²) in [5.41, 5.74) is 11.6. The molecule has 1 amide bonds. The third-order valence-electron chi connectivity index (χ3n) is 8.62. The van der Waals surface area contributed by atoms with Crippen molar-refractivity contribution in [3.8, 4) is 0 Å². The van der Waals surface area contributed by atoms with Crippen LogP contribution in [0.4, 0.5) is 0 Å². The molecule has 4 aliphatic heterocycles. The fraction of sp³-hybridized carbons (Fsp3) is 0.636. The molecule has 4 rings (SSSR count). The van der Waals surface area contributed by atoms with E-state index < -0.39 is 97.3 Å². The first-order valence-corrected chi connectivity index (χ1v) is 16.0. The SMILES string of the molecule is CC1C\C=C/C=C/C=C/C=C/C(O[C@@H]2O[C@H](C)[C@@H](O)[C@H](N)[C@@H]2O)CC2OC(O)(CC(O)C[C@@H]3O[C@@H]3/C=C\C(=O)O1)CC(O)C2C(N)=O. The minimum Gasteiger partial charge on any atom is -0.459 e. The van der Waals surface area contributed by atoms with Gasteiger partial charge in [-0.25, -0.2) is 4.79 Å². The Balaban J connectivity index is 1.58. The summed E-state index contributed by atoms with van der Waals surface area (Å²) >= 11 is 0. The van der Waals surface area contributed by atoms with E-state index in [2.05, 4.69) is 0 Å². The number of nitrogens with two attached hydrogens (primary N) is 2. The minimum atomic E-state index is -2.04. The monoisotopic (exact) mass is 664 g/mol. The van der Waals surface area contributed by atoms with Gasteiger partial charge in [-0.05, 0) is 19.9 Å². The number of carbonyl (C=O) groups is 2. The largest absolute Gasteiger partial charge is 0.459 e. The molecular formula is C33H48N2O12. The van der Waals surface area contributed by atoms with Crippen LogP contribution in [-0.4, -0.2) is 117 Å². The summed E-state index contributed by atoms with van der Waals surface area (Å²) < 4.78 is 28.7. The maximum atomic E-state index is 12.5. The second kappa shape index (κ2) is 16.6. The Labute approximate surface area is 273 Å². The fourth-order valence-corrected chi connectivity index (χ4v) is 6.05. The lowest BCUT2D eigenvalue weighted by atomic mass is 9.82. The number of aliphatic hydroxyl groups is 5. The number of hydrogen-bond donors (Lipinski definition) is 7. The third-order valence-corrected chi connectivity index (χ3v) is 8.62. The van der Waals surface area contributed by atoms with E-state index in [1.54, 1.807) is 56.4 Å². The van der Waals surface area contributed by atoms with Crippen molar-refractivity contribution < 1.29 is 58.8 Å². The fourth-order valence-electron chi connectivity index (χ4n) is 6.05. The molecule has 47 heavy (non-hydrogen) atoms. The van der Waals surface area contributed by atoms with Gasteiger partial charge >= 0.3 is 5.97 Å². The molecule has 0 radical (unpaired) electrons. The average Bonchev–Trinajstić information content (AvgIpc) is 3.72. The number of carbonyl (C=O) groups excluding carboxylic acids is 2. The summed E-state index contributed by atoms with van der Waals surface area (Å²) in [6.45, 7) is 3.36. The highest BCUT2D eigenvalue weighted by Gasteiger charge is 2.51. The number of rotatable bonds is 3. The Bertz CT molecular complexity index is 1220. The van der Waals surface area contributed by atoms with E-state index >= 15 is 0 Å². The predicted octanol–water partition coefficient (Wildman–Crippen LogP) is -0.480. The second-order valence-electron chi connectivity index (χ2n) is 12.6. The highest BCUT2D eigenvalue weighted by molar-refractivity contribution is 5.82. The summed E-state index contributed by atoms with van der Waals surface area (Å²) in [5.74, 6) is -4.66. The Hall–Kier alpha value is -2.76. The van der Waals surface area contributed by atoms with Gasteiger partial charge in [-0.15, -0.1) is 0 Å². The zero-order chi connectivity index (χ0) is 34.3. The van der Waals surface area contributed by atoms with Crippen LogP contribution in [0.1, 0.15) is 46.0 Å². The summed E-state index contributed by atoms with van der Waals surface area (Å²) in [6, 6.07) is -1.06. The van der Waals surface area contributed by atoms with Gasteiger partial charge in [0, 0.05) is 38.2 Å². The molecular weight excluding hydrogens is 616 g/mol. The quantitative estimate of drug-likeness (QED) is 0.149. The average molecular weight is 665 g/mol. The molecule has 0 saturated carbocycles. The molecule has 9 N–H and O–H groups in total. The van der Waals surface area contributed by atoms with E-state index in [4.69, 9.17) is 35.2 Å². The molecule has 14 atom stereocenters. The number of allylic oxidation sites excluding steroid dienone is 6. The predicted molar refractivity (Wildman–Crippen MR) is 167 cm³/mol. The van der Waals surface area contributed by atoms with Crippen molar-refractivity contribution in [3.05, 3.63) is 60.8 Å². The minimum absolute atomic E-state index is 0.104. The van der Waals surface area contributed by atoms with Crippen molar-refractivity contribution in [3.63, 3.8) is 0 Å². The number of epoxide rings is 1. The number of hydrogen-bond acceptors (Lipinski definition) is 13. The number of fused-ring (bicyclic) bond motifs is 3. The molecule has 14 heteroatoms. The van der Waals surface area contributed by atoms with Crippen molar-refractivity contribution in [1.82, 2.24) is 0 Å². The van der Waals surface area contributed by atoms with Gasteiger partial charge < -0.3 is 60.7 Å². The molecule has 4 aliphatic rings. The van der Waals surface area contributed by atoms with Crippen LogP contribution in [0.15, 0.2) is 60.8 Å². The molecule has 3 fully saturated rings. The van der Waals surface area contributed by atoms with Crippen molar-refractivity contribution >= 4 is 11.9 Å². The van der Waals surface area contributed by atoms with Crippen molar-refractivity contribution in [2.75, 3.05) is 0 Å². The molecule has 0 aliphatic carbocycles. The third kappa shape index (κ3) is 10.6. The number of primary amides is 1. The summed E-state index contributed by atoms with van der Waals surface area (Å²) in [5, 5.41) is 54.1. The standard InChI is InChI=1S/C33H48N2O12/c1-18-10-8-6-4-3-5-7-9-11-21(45-32-30(40)28(34)29(39)19(2)44-32)15-25-27(31(35)41)22(37)17-33(42,47-25)16-20(36)14-24-23(46-24)12-13-26(38)43-18/h3-9,11-13,18-25,27-30,32,36-37,39-40,42H,10,14-17,34H2,1-2H3,(H2,35,41)/b4-3+,7-5+,8-6-,11-9+,13-12-/t18?,19-,20?,21?,22?,23-,24+,25?,27?,28+,29-,30+,32+,33?/m1/s1. The van der Waals surface area contributed by atoms with Gasteiger partial charge in [-0.1, -0.05) is 48.6 Å². The second-order valence-corrected chi connectivity index (χ2v) is 12.6. The Morgan fingerprint density at radius 2 is 1.64 bits per heavy atom. The first kappa shape index (κ1) is 37.1. The molecule has 0 aromatic carbocycles. The molecule has 4 heterocycles. The van der Waals surface area contributed by atoms with Crippen LogP contribution in [0.3, 0.4) is 0 Å². The lowest BCUT2D eigenvalue weighted by molar-refractivity contribution is -0.306. The Morgan fingerprint density at radius 3 is 2.36 bits per heavy atom. The van der Waals surface area contributed by atoms with Crippen molar-refractivity contribution in [2.45, 2.75) is 125 Å². The summed E-state index contributed by atoms with van der Waals surface area (Å²) in [4.78, 5) is 24.7. The zero-order valence-electron chi connectivity index (χ0n) is 26.6. The number of aliphatic hydroxyl groups excluding tert-OH is 4. The topological polar surface area (TPSA) is 237 Å². The van der Waals surface area contributed by atoms with Gasteiger partial charge in [0.15, 0.2) is 12.1 Å². The van der Waals surface area contributed by atoms with Crippen LogP contribution in [-0.2, 0) is 33.3 Å². The van der Waals surface area contributed by atoms with E-state index in [-0.39, 0.29) is 25.4 Å². The molecule has 0 spiro atoms. The Morgan fingerprint density at radius 1 is 0.936 bits per heavy atom. The maximum Gasteiger partial charge on any atom is 0.330 e. The lowest BCUT2D eigenvalue weighted by Crippen LogP contribution is -2.61. The van der Waals surface area contributed by atoms with Crippen molar-refractivity contribution in [1.29, 1.82) is 0 Å². The van der Waals surface area contributed by atoms with Gasteiger partial charge in [0.05, 0.1) is 54.7 Å². The van der Waals surface area contributed by atoms with E-state index in [1.807, 2.05) is 12.2 Å². The molecule has 0 aromatic rings. The van der Waals surface area contributed by atoms with Crippen LogP contribution in [0.25, 0.3) is 0 Å². The van der Waals surface area contributed by atoms with Crippen LogP contribution in [0, 0.1) is 5.92 Å². The van der Waals surface area contributed by atoms with Gasteiger partial charge in [0.2, 0.25) is 5.91 Å². The number of amides is 1. The smallest absolute Gasteiger partial charge is 0.330 e. The van der Waals surface area contributed by atoms with Gasteiger partial charge in [-0.3, -0.25) is 4.79 Å². The molecule has 0 aromatic heterocycles. The van der Waals surface area contributed by atoms with Gasteiger partial charge in [0.25, 0.3) is 0 Å². The lowest BCUT2D eigenvalue weighted by Gasteiger charge is -2.45. The van der Waals surface area contributed by atoms with E-state index in [0.717, 1.165) is 0 Å². The first-order valence-electron chi connectivity index (χ1n) is 16.0. The zero-order valence-corrected chi connectivity index (χ0v) is 26.6. The molecule has 262 valence electrons. The van der Waals surface area contributed by atoms with E-state index in [0.29, 0.717) is 6.42 Å². The summed E-state index contributed by atoms with van der Waals surface area (Å²) in [6.07, 6.45) is 6.16. The Kier molecular flexibility index (Phi) is 13.1. The number of esters is 1. The van der Waals surface area contributed by atoms with E-state index in [9.17, 15) is 35.1 Å². The molecule has 14 nitrogen and oxygen atoms in total. The highest BCUT2D eigenvalue weighted by atomic mass is 16.7. The normalized spacial score (nSPS) is 47.2. The summed E-state index contributed by atoms with van der Waals surface area (Å²) in [7, 11) is 0. The first-order chi connectivity index (χ1) is 22.3. The van der Waals surface area contributed by atoms with Crippen LogP contribution >= 0.6 is 0 Å². The maximum absolute atomic E-state index is 12.5. The van der Waals surface area contributed by atoms with Gasteiger partial charge in [-0.2, -0.15) is 0 Å². The van der Waals surface area contributed by atoms with Crippen LogP contribution in [0.5, 0.6) is 0 Å². The molecule has 2 bridgehead atoms. The number of ether oxygens (including phenoxy) is 5. The molecule has 3 saturated heterocycles. The van der Waals surface area contributed by atoms with E-state index in [1.165, 1.54) is 6.08 Å². The van der Waals surface area contributed by atoms with Gasteiger partial charge in [0.1, 0.15) is 18.3 Å². The molecule has 7 unspecified atom stereocenters. The van der Waals surface area contributed by atoms with Crippen LogP contribution < -0.4 is 11.5 Å². The van der Waals surface area contributed by atoms with Crippen molar-refractivity contribution in [2.24, 2.45) is 17.4 Å². The highest BCUT2D eigenvalue weighted by Crippen LogP contribution is 2.39.